The van der Waals surface area contributed by atoms with Gasteiger partial charge in [-0.25, -0.2) is 0 Å². The Labute approximate surface area is 71.2 Å². The maximum absolute atomic E-state index is 10.9. The number of rotatable bonds is 3. The van der Waals surface area contributed by atoms with Crippen molar-refractivity contribution in [2.75, 3.05) is 13.2 Å². The number of hydrogen-bond acceptors (Lipinski definition) is 3. The van der Waals surface area contributed by atoms with Gasteiger partial charge >= 0.3 is 0 Å². The van der Waals surface area contributed by atoms with Gasteiger partial charge in [0.15, 0.2) is 0 Å². The third-order valence-corrected chi connectivity index (χ3v) is 1.37. The SMILES string of the molecule is CC(C)(C)N(CCO)/[N+]([O-])=N/O. The van der Waals surface area contributed by atoms with E-state index in [2.05, 4.69) is 5.28 Å². The number of aliphatic hydroxyl groups is 1. The van der Waals surface area contributed by atoms with Gasteiger partial charge in [0.25, 0.3) is 0 Å². The summed E-state index contributed by atoms with van der Waals surface area (Å²) in [5.41, 5.74) is -0.475. The zero-order valence-electron chi connectivity index (χ0n) is 7.56. The van der Waals surface area contributed by atoms with Crippen LogP contribution in [-0.2, 0) is 0 Å². The van der Waals surface area contributed by atoms with E-state index in [0.717, 1.165) is 0 Å². The first kappa shape index (κ1) is 11.0. The van der Waals surface area contributed by atoms with Crippen molar-refractivity contribution in [1.82, 2.24) is 5.01 Å². The van der Waals surface area contributed by atoms with Crippen molar-refractivity contribution in [3.63, 3.8) is 0 Å². The molecule has 0 radical (unpaired) electrons. The molecule has 6 nitrogen and oxygen atoms in total. The smallest absolute Gasteiger partial charge is 0.230 e. The van der Waals surface area contributed by atoms with Crippen molar-refractivity contribution in [1.29, 1.82) is 0 Å². The minimum atomic E-state index is -0.475. The van der Waals surface area contributed by atoms with E-state index in [0.29, 0.717) is 0 Å². The van der Waals surface area contributed by atoms with Crippen LogP contribution in [0, 0.1) is 5.21 Å². The highest BCUT2D eigenvalue weighted by atomic mass is 16.6. The van der Waals surface area contributed by atoms with E-state index in [1.807, 2.05) is 0 Å². The Hall–Kier alpha value is -1.04. The van der Waals surface area contributed by atoms with Crippen LogP contribution in [0.4, 0.5) is 0 Å². The number of hydrazine groups is 1. The molecule has 72 valence electrons. The molecule has 0 aliphatic rings. The van der Waals surface area contributed by atoms with Crippen LogP contribution in [0.2, 0.25) is 0 Å². The van der Waals surface area contributed by atoms with Gasteiger partial charge in [-0.1, -0.05) is 0 Å². The average molecular weight is 177 g/mol. The zero-order valence-corrected chi connectivity index (χ0v) is 7.56. The summed E-state index contributed by atoms with van der Waals surface area (Å²) >= 11 is 0. The molecular weight excluding hydrogens is 162 g/mol. The fourth-order valence-electron chi connectivity index (χ4n) is 0.821. The first-order chi connectivity index (χ1) is 5.43. The van der Waals surface area contributed by atoms with Gasteiger partial charge in [-0.3, -0.25) is 0 Å². The number of aliphatic hydroxyl groups excluding tert-OH is 1. The van der Waals surface area contributed by atoms with Crippen LogP contribution in [0.3, 0.4) is 0 Å². The van der Waals surface area contributed by atoms with Gasteiger partial charge in [-0.15, -0.1) is 5.01 Å². The van der Waals surface area contributed by atoms with Gasteiger partial charge in [0.05, 0.1) is 17.1 Å². The molecule has 0 aliphatic heterocycles. The fraction of sp³-hybridized carbons (Fsp3) is 1.00. The van der Waals surface area contributed by atoms with Crippen LogP contribution in [0.1, 0.15) is 20.8 Å². The second-order valence-electron chi connectivity index (χ2n) is 3.36. The molecule has 6 heteroatoms. The van der Waals surface area contributed by atoms with Crippen molar-refractivity contribution in [2.24, 2.45) is 5.28 Å². The molecule has 0 saturated heterocycles. The highest BCUT2D eigenvalue weighted by molar-refractivity contribution is 4.68. The van der Waals surface area contributed by atoms with Crippen LogP contribution in [0.5, 0.6) is 0 Å². The lowest BCUT2D eigenvalue weighted by molar-refractivity contribution is -0.724. The minimum Gasteiger partial charge on any atom is -0.569 e. The lowest BCUT2D eigenvalue weighted by Gasteiger charge is -2.29. The van der Waals surface area contributed by atoms with E-state index in [-0.39, 0.29) is 18.1 Å². The van der Waals surface area contributed by atoms with Crippen LogP contribution in [-0.4, -0.2) is 39.0 Å². The van der Waals surface area contributed by atoms with Crippen LogP contribution >= 0.6 is 0 Å². The first-order valence-corrected chi connectivity index (χ1v) is 3.64. The molecule has 0 aromatic carbocycles. The van der Waals surface area contributed by atoms with E-state index in [1.54, 1.807) is 20.8 Å². The summed E-state index contributed by atoms with van der Waals surface area (Å²) in [5.74, 6) is 0. The lowest BCUT2D eigenvalue weighted by Crippen LogP contribution is -2.47. The van der Waals surface area contributed by atoms with Crippen molar-refractivity contribution in [3.8, 4) is 0 Å². The molecule has 0 aromatic heterocycles. The molecule has 0 bridgehead atoms. The average Bonchev–Trinajstić information content (AvgIpc) is 1.96. The van der Waals surface area contributed by atoms with E-state index in [9.17, 15) is 5.21 Å². The molecule has 0 heterocycles. The Bertz CT molecular complexity index is 164. The van der Waals surface area contributed by atoms with E-state index in [1.165, 1.54) is 5.01 Å². The topological polar surface area (TPSA) is 82.1 Å². The summed E-state index contributed by atoms with van der Waals surface area (Å²) in [6.07, 6.45) is 0. The van der Waals surface area contributed by atoms with E-state index in [4.69, 9.17) is 10.3 Å². The Balaban J connectivity index is 4.44. The maximum atomic E-state index is 10.9. The number of hydrogen-bond donors (Lipinski definition) is 2. The molecule has 0 aliphatic carbocycles. The fourth-order valence-corrected chi connectivity index (χ4v) is 0.821. The molecule has 12 heavy (non-hydrogen) atoms. The monoisotopic (exact) mass is 177 g/mol. The lowest BCUT2D eigenvalue weighted by atomic mass is 10.1. The van der Waals surface area contributed by atoms with E-state index < -0.39 is 5.54 Å². The molecule has 0 fully saturated rings. The number of β-amino-alcohol motifs (C(OH)–C–C–N with tert-alkyl or cyclic N) is 1. The third-order valence-electron chi connectivity index (χ3n) is 1.37. The van der Waals surface area contributed by atoms with Crippen molar-refractivity contribution < 1.29 is 15.3 Å². The summed E-state index contributed by atoms with van der Waals surface area (Å²) in [7, 11) is 0. The Morgan fingerprint density at radius 2 is 2.00 bits per heavy atom. The molecule has 0 aromatic rings. The maximum Gasteiger partial charge on any atom is 0.230 e. The van der Waals surface area contributed by atoms with Gasteiger partial charge in [0.1, 0.15) is 6.54 Å². The Kier molecular flexibility index (Phi) is 3.75. The summed E-state index contributed by atoms with van der Waals surface area (Å²) in [6.45, 7) is 5.30. The largest absolute Gasteiger partial charge is 0.569 e. The highest BCUT2D eigenvalue weighted by Gasteiger charge is 2.27. The molecular formula is C6H15N3O3. The molecule has 0 saturated carbocycles. The Morgan fingerprint density at radius 3 is 2.25 bits per heavy atom. The van der Waals surface area contributed by atoms with Gasteiger partial charge in [0.2, 0.25) is 5.28 Å². The van der Waals surface area contributed by atoms with Gasteiger partial charge in [-0.05, 0) is 20.8 Å². The predicted molar refractivity (Wildman–Crippen MR) is 41.4 cm³/mol. The summed E-state index contributed by atoms with van der Waals surface area (Å²) in [5, 5.41) is 31.4. The first-order valence-electron chi connectivity index (χ1n) is 3.64. The minimum absolute atomic E-state index is 0.0657. The van der Waals surface area contributed by atoms with E-state index >= 15 is 0 Å². The van der Waals surface area contributed by atoms with Gasteiger partial charge in [-0.2, -0.15) is 0 Å². The van der Waals surface area contributed by atoms with Gasteiger partial charge < -0.3 is 15.5 Å². The highest BCUT2D eigenvalue weighted by Crippen LogP contribution is 2.12. The zero-order chi connectivity index (χ0) is 9.78. The van der Waals surface area contributed by atoms with Crippen LogP contribution in [0.25, 0.3) is 0 Å². The van der Waals surface area contributed by atoms with Crippen LogP contribution < -0.4 is 0 Å². The summed E-state index contributed by atoms with van der Waals surface area (Å²) in [6, 6.07) is 0. The second kappa shape index (κ2) is 4.10. The summed E-state index contributed by atoms with van der Waals surface area (Å²) in [4.78, 5) is 0.0657. The molecule has 0 unspecified atom stereocenters. The molecule has 0 atom stereocenters. The normalized spacial score (nSPS) is 13.2. The molecule has 0 rings (SSSR count). The molecule has 0 spiro atoms. The standard InChI is InChI=1S/C6H15N3O3/c1-6(2,3)8(4-5-10)9(12)7-11/h10-11H,4-5H2,1-3H3/b9-7-. The van der Waals surface area contributed by atoms with Crippen LogP contribution in [0.15, 0.2) is 5.28 Å². The second-order valence-corrected chi connectivity index (χ2v) is 3.36. The third kappa shape index (κ3) is 2.91. The van der Waals surface area contributed by atoms with Gasteiger partial charge in [0, 0.05) is 0 Å². The Morgan fingerprint density at radius 1 is 1.50 bits per heavy atom. The molecule has 0 amide bonds. The van der Waals surface area contributed by atoms with Crippen molar-refractivity contribution >= 4 is 0 Å². The quantitative estimate of drug-likeness (QED) is 0.370. The summed E-state index contributed by atoms with van der Waals surface area (Å²) < 4.78 is 0. The van der Waals surface area contributed by atoms with Crippen molar-refractivity contribution in [3.05, 3.63) is 5.21 Å². The van der Waals surface area contributed by atoms with Crippen molar-refractivity contribution in [2.45, 2.75) is 26.3 Å². The predicted octanol–water partition coefficient (Wildman–Crippen LogP) is 0.346. The molecule has 2 N–H and O–H groups in total. The number of nitrogens with zero attached hydrogens (tertiary/aromatic N) is 3.